The monoisotopic (exact) mass is 499 g/mol. The molecule has 3 N–H and O–H groups in total. The van der Waals surface area contributed by atoms with Gasteiger partial charge in [-0.3, -0.25) is 14.2 Å². The van der Waals surface area contributed by atoms with Gasteiger partial charge in [0, 0.05) is 67.7 Å². The summed E-state index contributed by atoms with van der Waals surface area (Å²) in [5.41, 5.74) is 9.64. The van der Waals surface area contributed by atoms with Gasteiger partial charge < -0.3 is 20.7 Å². The van der Waals surface area contributed by atoms with Gasteiger partial charge in [0.15, 0.2) is 0 Å². The fraction of sp³-hybridized carbons (Fsp3) is 0.444. The topological polar surface area (TPSA) is 128 Å². The first kappa shape index (κ1) is 22.3. The molecule has 2 amide bonds. The Morgan fingerprint density at radius 2 is 1.97 bits per heavy atom. The number of likely N-dealkylation sites (tertiary alicyclic amines) is 1. The average Bonchev–Trinajstić information content (AvgIpc) is 3.23. The number of anilines is 1. The maximum Gasteiger partial charge on any atom is 0.225 e. The molecule has 0 bridgehead atoms. The number of primary amides is 1. The van der Waals surface area contributed by atoms with Crippen LogP contribution in [0.4, 0.5) is 5.95 Å². The summed E-state index contributed by atoms with van der Waals surface area (Å²) in [5, 5.41) is 3.43. The molecule has 7 rings (SSSR count). The van der Waals surface area contributed by atoms with Crippen LogP contribution in [0.5, 0.6) is 5.75 Å². The van der Waals surface area contributed by atoms with E-state index in [1.165, 1.54) is 5.56 Å². The number of hydrogen-bond donors (Lipinski definition) is 2. The van der Waals surface area contributed by atoms with E-state index in [1.54, 1.807) is 6.20 Å². The first-order valence-electron chi connectivity index (χ1n) is 13.1. The first-order chi connectivity index (χ1) is 18.0. The van der Waals surface area contributed by atoms with E-state index in [1.807, 2.05) is 27.7 Å². The van der Waals surface area contributed by atoms with Gasteiger partial charge in [-0.15, -0.1) is 0 Å². The van der Waals surface area contributed by atoms with E-state index in [9.17, 15) is 9.59 Å². The molecule has 3 aromatic rings. The highest BCUT2D eigenvalue weighted by Crippen LogP contribution is 2.36. The second-order valence-electron chi connectivity index (χ2n) is 10.5. The minimum Gasteiger partial charge on any atom is -0.493 e. The van der Waals surface area contributed by atoms with Crippen molar-refractivity contribution in [3.8, 4) is 23.0 Å². The molecule has 10 nitrogen and oxygen atoms in total. The number of fused-ring (bicyclic) bond motifs is 2. The van der Waals surface area contributed by atoms with Gasteiger partial charge in [-0.05, 0) is 49.1 Å². The lowest BCUT2D eigenvalue weighted by Crippen LogP contribution is -2.32. The Morgan fingerprint density at radius 1 is 1.08 bits per heavy atom. The molecule has 4 heterocycles. The highest BCUT2D eigenvalue weighted by molar-refractivity contribution is 5.81. The van der Waals surface area contributed by atoms with E-state index in [4.69, 9.17) is 20.4 Å². The minimum atomic E-state index is -0.308. The zero-order valence-electron chi connectivity index (χ0n) is 20.5. The SMILES string of the molecule is NC(=O)C1Cc2nc(-c3ccc4c(c3)CCO4)n(-c3ccnc(N[C@@H]4CCN(C(=O)C5CC5)C4)n3)c2C1. The van der Waals surface area contributed by atoms with Crippen molar-refractivity contribution in [3.05, 3.63) is 47.4 Å². The van der Waals surface area contributed by atoms with Gasteiger partial charge in [0.05, 0.1) is 12.3 Å². The molecular weight excluding hydrogens is 470 g/mol. The molecule has 190 valence electrons. The Hall–Kier alpha value is -3.95. The van der Waals surface area contributed by atoms with Crippen LogP contribution in [0.25, 0.3) is 17.2 Å². The highest BCUT2D eigenvalue weighted by Gasteiger charge is 2.37. The molecule has 37 heavy (non-hydrogen) atoms. The fourth-order valence-electron chi connectivity index (χ4n) is 5.77. The van der Waals surface area contributed by atoms with Crippen molar-refractivity contribution in [1.29, 1.82) is 0 Å². The molecule has 2 aliphatic carbocycles. The fourth-order valence-corrected chi connectivity index (χ4v) is 5.77. The number of imidazole rings is 1. The standard InChI is InChI=1S/C27H29N7O3/c28-24(35)18-12-20-21(13-18)34(25(31-20)17-3-4-22-16(11-17)7-10-37-22)23-5-8-29-27(32-23)30-19-6-9-33(14-19)26(36)15-1-2-15/h3-5,8,11,15,18-19H,1-2,6-7,9-10,12-14H2,(H2,28,35)(H,29,30,32)/t18?,19-/m1/s1. The van der Waals surface area contributed by atoms with E-state index >= 15 is 0 Å². The summed E-state index contributed by atoms with van der Waals surface area (Å²) < 4.78 is 7.73. The molecular formula is C27H29N7O3. The Morgan fingerprint density at radius 3 is 2.81 bits per heavy atom. The number of amides is 2. The lowest BCUT2D eigenvalue weighted by molar-refractivity contribution is -0.131. The van der Waals surface area contributed by atoms with Crippen molar-refractivity contribution in [2.75, 3.05) is 25.0 Å². The third kappa shape index (κ3) is 4.00. The van der Waals surface area contributed by atoms with Gasteiger partial charge in [0.25, 0.3) is 0 Å². The van der Waals surface area contributed by atoms with Gasteiger partial charge in [0.1, 0.15) is 17.4 Å². The van der Waals surface area contributed by atoms with Crippen molar-refractivity contribution in [1.82, 2.24) is 24.4 Å². The molecule has 0 radical (unpaired) electrons. The quantitative estimate of drug-likeness (QED) is 0.530. The summed E-state index contributed by atoms with van der Waals surface area (Å²) in [7, 11) is 0. The highest BCUT2D eigenvalue weighted by atomic mass is 16.5. The Kier molecular flexibility index (Phi) is 5.16. The number of hydrogen-bond acceptors (Lipinski definition) is 7. The Bertz CT molecular complexity index is 1410. The molecule has 0 spiro atoms. The summed E-state index contributed by atoms with van der Waals surface area (Å²) in [5.74, 6) is 2.85. The largest absolute Gasteiger partial charge is 0.493 e. The maximum atomic E-state index is 12.5. The molecule has 1 unspecified atom stereocenters. The molecule has 1 saturated heterocycles. The van der Waals surface area contributed by atoms with Crippen LogP contribution in [0.3, 0.4) is 0 Å². The number of nitrogens with two attached hydrogens (primary N) is 1. The lowest BCUT2D eigenvalue weighted by Gasteiger charge is -2.17. The van der Waals surface area contributed by atoms with E-state index in [0.717, 1.165) is 60.8 Å². The van der Waals surface area contributed by atoms with E-state index < -0.39 is 0 Å². The predicted molar refractivity (Wildman–Crippen MR) is 135 cm³/mol. The summed E-state index contributed by atoms with van der Waals surface area (Å²) >= 11 is 0. The van der Waals surface area contributed by atoms with Crippen LogP contribution >= 0.6 is 0 Å². The summed E-state index contributed by atoms with van der Waals surface area (Å²) in [6, 6.07) is 8.13. The number of carbonyl (C=O) groups is 2. The molecule has 4 aliphatic rings. The number of nitrogens with one attached hydrogen (secondary N) is 1. The van der Waals surface area contributed by atoms with Crippen LogP contribution in [0.2, 0.25) is 0 Å². The number of nitrogens with zero attached hydrogens (tertiary/aromatic N) is 5. The summed E-state index contributed by atoms with van der Waals surface area (Å²) in [4.78, 5) is 40.7. The van der Waals surface area contributed by atoms with Crippen LogP contribution in [0.1, 0.15) is 36.2 Å². The van der Waals surface area contributed by atoms with Crippen LogP contribution in [-0.4, -0.2) is 62.0 Å². The number of rotatable bonds is 6. The van der Waals surface area contributed by atoms with Crippen LogP contribution in [-0.2, 0) is 28.9 Å². The normalized spacial score (nSPS) is 22.0. The zero-order chi connectivity index (χ0) is 25.1. The lowest BCUT2D eigenvalue weighted by atomic mass is 10.1. The van der Waals surface area contributed by atoms with Gasteiger partial charge in [-0.2, -0.15) is 4.98 Å². The van der Waals surface area contributed by atoms with E-state index in [2.05, 4.69) is 16.4 Å². The number of aromatic nitrogens is 4. The second-order valence-corrected chi connectivity index (χ2v) is 10.5. The molecule has 1 saturated carbocycles. The van der Waals surface area contributed by atoms with Gasteiger partial charge in [0.2, 0.25) is 17.8 Å². The molecule has 2 aliphatic heterocycles. The van der Waals surface area contributed by atoms with Crippen molar-refractivity contribution >= 4 is 17.8 Å². The van der Waals surface area contributed by atoms with Crippen LogP contribution in [0.15, 0.2) is 30.5 Å². The third-order valence-electron chi connectivity index (χ3n) is 7.91. The molecule has 1 aromatic carbocycles. The third-order valence-corrected chi connectivity index (χ3v) is 7.91. The van der Waals surface area contributed by atoms with Gasteiger partial charge >= 0.3 is 0 Å². The zero-order valence-corrected chi connectivity index (χ0v) is 20.5. The smallest absolute Gasteiger partial charge is 0.225 e. The number of ether oxygens (including phenoxy) is 1. The van der Waals surface area contributed by atoms with Crippen molar-refractivity contribution in [2.24, 2.45) is 17.6 Å². The second kappa shape index (κ2) is 8.57. The Labute approximate surface area is 214 Å². The van der Waals surface area contributed by atoms with Crippen LogP contribution in [0, 0.1) is 11.8 Å². The van der Waals surface area contributed by atoms with Gasteiger partial charge in [-0.1, -0.05) is 0 Å². The van der Waals surface area contributed by atoms with Gasteiger partial charge in [-0.25, -0.2) is 9.97 Å². The maximum absolute atomic E-state index is 12.5. The summed E-state index contributed by atoms with van der Waals surface area (Å²) in [6.45, 7) is 2.13. The molecule has 2 atom stereocenters. The number of carbonyl (C=O) groups excluding carboxylic acids is 2. The van der Waals surface area contributed by atoms with Crippen molar-refractivity contribution in [2.45, 2.75) is 44.6 Å². The molecule has 2 aromatic heterocycles. The summed E-state index contributed by atoms with van der Waals surface area (Å²) in [6.07, 6.45) is 6.57. The Balaban J connectivity index is 1.21. The van der Waals surface area contributed by atoms with E-state index in [-0.39, 0.29) is 29.7 Å². The van der Waals surface area contributed by atoms with Crippen molar-refractivity contribution in [3.63, 3.8) is 0 Å². The molecule has 2 fully saturated rings. The van der Waals surface area contributed by atoms with E-state index in [0.29, 0.717) is 37.8 Å². The van der Waals surface area contributed by atoms with Crippen molar-refractivity contribution < 1.29 is 14.3 Å². The van der Waals surface area contributed by atoms with Crippen LogP contribution < -0.4 is 15.8 Å². The molecule has 10 heteroatoms. The minimum absolute atomic E-state index is 0.113. The predicted octanol–water partition coefficient (Wildman–Crippen LogP) is 1.89. The first-order valence-corrected chi connectivity index (χ1v) is 13.1. The average molecular weight is 500 g/mol. The number of benzene rings is 1.